The second-order valence-electron chi connectivity index (χ2n) is 5.45. The van der Waals surface area contributed by atoms with E-state index in [1.165, 1.54) is 18.2 Å². The van der Waals surface area contributed by atoms with Crippen molar-refractivity contribution in [1.29, 1.82) is 5.26 Å². The highest BCUT2D eigenvalue weighted by Crippen LogP contribution is 2.28. The minimum absolute atomic E-state index is 0.0333. The van der Waals surface area contributed by atoms with E-state index in [2.05, 4.69) is 5.32 Å². The van der Waals surface area contributed by atoms with Crippen molar-refractivity contribution in [2.75, 3.05) is 13.1 Å². The van der Waals surface area contributed by atoms with Gasteiger partial charge in [-0.25, -0.2) is 4.39 Å². The molecule has 4 nitrogen and oxygen atoms in total. The van der Waals surface area contributed by atoms with Gasteiger partial charge in [0.1, 0.15) is 5.82 Å². The normalized spacial score (nSPS) is 25.4. The van der Waals surface area contributed by atoms with E-state index >= 15 is 0 Å². The molecule has 2 fully saturated rings. The van der Waals surface area contributed by atoms with Crippen LogP contribution in [0.3, 0.4) is 0 Å². The molecule has 1 aromatic carbocycles. The summed E-state index contributed by atoms with van der Waals surface area (Å²) in [6.07, 6.45) is 1.92. The molecule has 2 aliphatic heterocycles. The molecule has 0 spiro atoms. The van der Waals surface area contributed by atoms with E-state index < -0.39 is 0 Å². The molecule has 0 saturated carbocycles. The number of fused-ring (bicyclic) bond motifs is 1. The number of amides is 1. The van der Waals surface area contributed by atoms with Crippen LogP contribution in [0.4, 0.5) is 4.39 Å². The summed E-state index contributed by atoms with van der Waals surface area (Å²) in [7, 11) is 0. The maximum atomic E-state index is 13.8. The molecular weight excluding hydrogens is 257 g/mol. The van der Waals surface area contributed by atoms with Crippen molar-refractivity contribution in [1.82, 2.24) is 10.2 Å². The molecule has 3 rings (SSSR count). The average Bonchev–Trinajstić information content (AvgIpc) is 2.78. The summed E-state index contributed by atoms with van der Waals surface area (Å²) in [6, 6.07) is 6.46. The predicted molar refractivity (Wildman–Crippen MR) is 71.0 cm³/mol. The number of nitrogens with one attached hydrogen (secondary N) is 1. The molecule has 2 heterocycles. The van der Waals surface area contributed by atoms with Crippen LogP contribution in [0.2, 0.25) is 0 Å². The summed E-state index contributed by atoms with van der Waals surface area (Å²) in [6.45, 7) is 1.81. The molecule has 1 aromatic rings. The monoisotopic (exact) mass is 273 g/mol. The fraction of sp³-hybridized carbons (Fsp3) is 0.467. The van der Waals surface area contributed by atoms with Gasteiger partial charge in [0.25, 0.3) is 0 Å². The van der Waals surface area contributed by atoms with Gasteiger partial charge in [0.15, 0.2) is 0 Å². The molecule has 5 heteroatoms. The van der Waals surface area contributed by atoms with Crippen molar-refractivity contribution >= 4 is 5.91 Å². The van der Waals surface area contributed by atoms with Crippen molar-refractivity contribution in [2.45, 2.75) is 25.4 Å². The van der Waals surface area contributed by atoms with Crippen LogP contribution in [0.1, 0.15) is 24.0 Å². The second kappa shape index (κ2) is 5.22. The first-order valence-corrected chi connectivity index (χ1v) is 6.90. The highest BCUT2D eigenvalue weighted by molar-refractivity contribution is 5.82. The lowest BCUT2D eigenvalue weighted by molar-refractivity contribution is -0.131. The summed E-state index contributed by atoms with van der Waals surface area (Å²) >= 11 is 0. The third kappa shape index (κ3) is 2.27. The van der Waals surface area contributed by atoms with E-state index in [1.54, 1.807) is 4.90 Å². The standard InChI is InChI=1S/C15H16FN3O/c16-13-4-3-10(7-17)6-11(13)8-19-9-14-12(15(19)20)2-1-5-18-14/h3-4,6,12,14,18H,1-2,5,8-9H2. The number of benzene rings is 1. The molecule has 0 radical (unpaired) electrons. The van der Waals surface area contributed by atoms with Gasteiger partial charge in [0, 0.05) is 24.7 Å². The molecule has 2 atom stereocenters. The summed E-state index contributed by atoms with van der Waals surface area (Å²) in [5, 5.41) is 12.2. The van der Waals surface area contributed by atoms with Gasteiger partial charge in [-0.15, -0.1) is 0 Å². The average molecular weight is 273 g/mol. The Bertz CT molecular complexity index is 581. The van der Waals surface area contributed by atoms with Gasteiger partial charge in [0.2, 0.25) is 5.91 Å². The van der Waals surface area contributed by atoms with Crippen LogP contribution in [-0.2, 0) is 11.3 Å². The van der Waals surface area contributed by atoms with E-state index in [4.69, 9.17) is 5.26 Å². The number of carbonyl (C=O) groups is 1. The van der Waals surface area contributed by atoms with E-state index in [9.17, 15) is 9.18 Å². The summed E-state index contributed by atoms with van der Waals surface area (Å²) in [5.41, 5.74) is 0.833. The van der Waals surface area contributed by atoms with Crippen molar-refractivity contribution in [3.63, 3.8) is 0 Å². The molecule has 2 aliphatic rings. The van der Waals surface area contributed by atoms with E-state index in [0.717, 1.165) is 19.4 Å². The molecule has 1 N–H and O–H groups in total. The number of rotatable bonds is 2. The van der Waals surface area contributed by atoms with Crippen molar-refractivity contribution in [2.24, 2.45) is 5.92 Å². The molecule has 2 saturated heterocycles. The van der Waals surface area contributed by atoms with Crippen LogP contribution in [0.5, 0.6) is 0 Å². The predicted octanol–water partition coefficient (Wildman–Crippen LogP) is 1.41. The number of likely N-dealkylation sites (tertiary alicyclic amines) is 1. The Labute approximate surface area is 117 Å². The minimum atomic E-state index is -0.361. The molecular formula is C15H16FN3O. The molecule has 1 amide bonds. The zero-order valence-electron chi connectivity index (χ0n) is 11.1. The van der Waals surface area contributed by atoms with Crippen molar-refractivity contribution in [3.8, 4) is 6.07 Å². The molecule has 2 unspecified atom stereocenters. The lowest BCUT2D eigenvalue weighted by Crippen LogP contribution is -2.41. The van der Waals surface area contributed by atoms with Crippen LogP contribution in [0.25, 0.3) is 0 Å². The van der Waals surface area contributed by atoms with Gasteiger partial charge in [-0.05, 0) is 37.6 Å². The number of nitriles is 1. The Balaban J connectivity index is 1.78. The summed E-state index contributed by atoms with van der Waals surface area (Å²) in [5.74, 6) is -0.227. The fourth-order valence-electron chi connectivity index (χ4n) is 3.12. The molecule has 104 valence electrons. The van der Waals surface area contributed by atoms with E-state index in [1.807, 2.05) is 6.07 Å². The largest absolute Gasteiger partial charge is 0.336 e. The van der Waals surface area contributed by atoms with Crippen LogP contribution in [0, 0.1) is 23.1 Å². The summed E-state index contributed by atoms with van der Waals surface area (Å²) in [4.78, 5) is 14.0. The molecule has 0 aliphatic carbocycles. The zero-order chi connectivity index (χ0) is 14.1. The number of piperidine rings is 1. The Morgan fingerprint density at radius 1 is 1.50 bits per heavy atom. The topological polar surface area (TPSA) is 56.1 Å². The first-order chi connectivity index (χ1) is 9.69. The Morgan fingerprint density at radius 3 is 3.10 bits per heavy atom. The number of carbonyl (C=O) groups excluding carboxylic acids is 1. The van der Waals surface area contributed by atoms with E-state index in [-0.39, 0.29) is 30.2 Å². The first kappa shape index (κ1) is 13.1. The number of hydrogen-bond donors (Lipinski definition) is 1. The van der Waals surface area contributed by atoms with Crippen LogP contribution in [0.15, 0.2) is 18.2 Å². The SMILES string of the molecule is N#Cc1ccc(F)c(CN2CC3NCCCC3C2=O)c1. The maximum Gasteiger partial charge on any atom is 0.227 e. The smallest absolute Gasteiger partial charge is 0.227 e. The summed E-state index contributed by atoms with van der Waals surface area (Å²) < 4.78 is 13.8. The fourth-order valence-corrected chi connectivity index (χ4v) is 3.12. The number of halogens is 1. The van der Waals surface area contributed by atoms with Crippen LogP contribution >= 0.6 is 0 Å². The maximum absolute atomic E-state index is 13.8. The molecule has 20 heavy (non-hydrogen) atoms. The minimum Gasteiger partial charge on any atom is -0.336 e. The molecule has 0 aromatic heterocycles. The van der Waals surface area contributed by atoms with Gasteiger partial charge in [-0.3, -0.25) is 4.79 Å². The Kier molecular flexibility index (Phi) is 3.41. The van der Waals surface area contributed by atoms with Crippen molar-refractivity contribution in [3.05, 3.63) is 35.1 Å². The van der Waals surface area contributed by atoms with E-state index in [0.29, 0.717) is 17.7 Å². The highest BCUT2D eigenvalue weighted by atomic mass is 19.1. The van der Waals surface area contributed by atoms with Crippen LogP contribution < -0.4 is 5.32 Å². The van der Waals surface area contributed by atoms with Gasteiger partial charge in [-0.1, -0.05) is 0 Å². The van der Waals surface area contributed by atoms with Crippen molar-refractivity contribution < 1.29 is 9.18 Å². The van der Waals surface area contributed by atoms with Gasteiger partial charge >= 0.3 is 0 Å². The lowest BCUT2D eigenvalue weighted by Gasteiger charge is -2.23. The first-order valence-electron chi connectivity index (χ1n) is 6.90. The lowest BCUT2D eigenvalue weighted by atomic mass is 9.94. The zero-order valence-corrected chi connectivity index (χ0v) is 11.1. The van der Waals surface area contributed by atoms with Crippen LogP contribution in [-0.4, -0.2) is 29.9 Å². The van der Waals surface area contributed by atoms with Gasteiger partial charge < -0.3 is 10.2 Å². The highest BCUT2D eigenvalue weighted by Gasteiger charge is 2.41. The Morgan fingerprint density at radius 2 is 2.35 bits per heavy atom. The third-order valence-corrected chi connectivity index (χ3v) is 4.17. The molecule has 0 bridgehead atoms. The third-order valence-electron chi connectivity index (χ3n) is 4.17. The Hall–Kier alpha value is -1.93. The second-order valence-corrected chi connectivity index (χ2v) is 5.45. The van der Waals surface area contributed by atoms with Gasteiger partial charge in [-0.2, -0.15) is 5.26 Å². The quantitative estimate of drug-likeness (QED) is 0.886. The van der Waals surface area contributed by atoms with Gasteiger partial charge in [0.05, 0.1) is 17.6 Å². The number of hydrogen-bond acceptors (Lipinski definition) is 3. The number of nitrogens with zero attached hydrogens (tertiary/aromatic N) is 2.